The van der Waals surface area contributed by atoms with Crippen molar-refractivity contribution in [1.29, 1.82) is 0 Å². The van der Waals surface area contributed by atoms with Crippen molar-refractivity contribution in [3.8, 4) is 0 Å². The highest BCUT2D eigenvalue weighted by molar-refractivity contribution is 6.42. The second kappa shape index (κ2) is 10.6. The standard InChI is InChI=1S/C20H24Cl2N4O2/c21-18-2-1-16(11-19(18)22)13-26-9-10-28-17(14-26)12-25-20(27)24-8-5-15-3-6-23-7-4-15/h1-4,6-7,11,17H,5,8-10,12-14H2,(H2,24,25,27)/t17-/m0/s1. The number of nitrogens with one attached hydrogen (secondary N) is 2. The molecule has 1 aliphatic heterocycles. The molecule has 3 rings (SSSR count). The summed E-state index contributed by atoms with van der Waals surface area (Å²) in [7, 11) is 0. The van der Waals surface area contributed by atoms with E-state index < -0.39 is 0 Å². The lowest BCUT2D eigenvalue weighted by molar-refractivity contribution is -0.0287. The molecule has 150 valence electrons. The van der Waals surface area contributed by atoms with Gasteiger partial charge in [-0.1, -0.05) is 29.3 Å². The number of benzene rings is 1. The molecule has 0 bridgehead atoms. The molecule has 2 heterocycles. The molecule has 0 unspecified atom stereocenters. The predicted molar refractivity (Wildman–Crippen MR) is 111 cm³/mol. The van der Waals surface area contributed by atoms with Crippen LogP contribution in [0.15, 0.2) is 42.7 Å². The first-order valence-corrected chi connectivity index (χ1v) is 10.0. The topological polar surface area (TPSA) is 66.5 Å². The number of pyridine rings is 1. The Morgan fingerprint density at radius 1 is 1.14 bits per heavy atom. The highest BCUT2D eigenvalue weighted by atomic mass is 35.5. The molecule has 0 aliphatic carbocycles. The van der Waals surface area contributed by atoms with E-state index in [4.69, 9.17) is 27.9 Å². The van der Waals surface area contributed by atoms with Crippen LogP contribution in [0.4, 0.5) is 4.79 Å². The van der Waals surface area contributed by atoms with Crippen LogP contribution >= 0.6 is 23.2 Å². The fourth-order valence-electron chi connectivity index (χ4n) is 3.08. The summed E-state index contributed by atoms with van der Waals surface area (Å²) in [6.45, 7) is 4.04. The van der Waals surface area contributed by atoms with Gasteiger partial charge in [-0.2, -0.15) is 0 Å². The summed E-state index contributed by atoms with van der Waals surface area (Å²) in [5, 5.41) is 6.88. The maximum Gasteiger partial charge on any atom is 0.314 e. The summed E-state index contributed by atoms with van der Waals surface area (Å²) in [6.07, 6.45) is 4.23. The van der Waals surface area contributed by atoms with Crippen LogP contribution < -0.4 is 10.6 Å². The molecule has 0 saturated carbocycles. The van der Waals surface area contributed by atoms with E-state index in [1.807, 2.05) is 30.3 Å². The van der Waals surface area contributed by atoms with Crippen LogP contribution in [-0.2, 0) is 17.7 Å². The number of urea groups is 1. The van der Waals surface area contributed by atoms with Crippen LogP contribution in [0.5, 0.6) is 0 Å². The van der Waals surface area contributed by atoms with Crippen molar-refractivity contribution in [3.05, 3.63) is 63.9 Å². The normalized spacial score (nSPS) is 17.3. The van der Waals surface area contributed by atoms with E-state index in [0.29, 0.717) is 29.7 Å². The smallest absolute Gasteiger partial charge is 0.314 e. The number of nitrogens with zero attached hydrogens (tertiary/aromatic N) is 2. The molecule has 2 N–H and O–H groups in total. The van der Waals surface area contributed by atoms with Gasteiger partial charge in [-0.25, -0.2) is 4.79 Å². The summed E-state index contributed by atoms with van der Waals surface area (Å²) in [6, 6.07) is 9.39. The second-order valence-electron chi connectivity index (χ2n) is 6.72. The van der Waals surface area contributed by atoms with E-state index in [2.05, 4.69) is 20.5 Å². The number of morpholine rings is 1. The number of halogens is 2. The minimum atomic E-state index is -0.181. The molecule has 1 fully saturated rings. The Balaban J connectivity index is 1.37. The molecule has 2 aromatic rings. The van der Waals surface area contributed by atoms with Crippen molar-refractivity contribution in [1.82, 2.24) is 20.5 Å². The molecule has 2 amide bonds. The van der Waals surface area contributed by atoms with E-state index >= 15 is 0 Å². The summed E-state index contributed by atoms with van der Waals surface area (Å²) < 4.78 is 5.77. The van der Waals surface area contributed by atoms with Gasteiger partial charge in [0.05, 0.1) is 22.8 Å². The minimum absolute atomic E-state index is 0.0394. The largest absolute Gasteiger partial charge is 0.374 e. The molecule has 1 atom stereocenters. The maximum atomic E-state index is 12.0. The average Bonchev–Trinajstić information content (AvgIpc) is 2.70. The summed E-state index contributed by atoms with van der Waals surface area (Å²) >= 11 is 12.1. The van der Waals surface area contributed by atoms with Gasteiger partial charge in [0.2, 0.25) is 0 Å². The summed E-state index contributed by atoms with van der Waals surface area (Å²) in [5.74, 6) is 0. The quantitative estimate of drug-likeness (QED) is 0.718. The van der Waals surface area contributed by atoms with Crippen molar-refractivity contribution >= 4 is 29.2 Å². The van der Waals surface area contributed by atoms with Gasteiger partial charge in [-0.15, -0.1) is 0 Å². The van der Waals surface area contributed by atoms with Crippen LogP contribution in [0, 0.1) is 0 Å². The van der Waals surface area contributed by atoms with Gasteiger partial charge >= 0.3 is 6.03 Å². The molecule has 8 heteroatoms. The molecule has 1 aromatic heterocycles. The number of carbonyl (C=O) groups excluding carboxylic acids is 1. The van der Waals surface area contributed by atoms with E-state index in [0.717, 1.165) is 37.2 Å². The zero-order valence-corrected chi connectivity index (χ0v) is 17.0. The van der Waals surface area contributed by atoms with E-state index in [-0.39, 0.29) is 12.1 Å². The van der Waals surface area contributed by atoms with E-state index in [9.17, 15) is 4.79 Å². The van der Waals surface area contributed by atoms with Crippen LogP contribution in [0.25, 0.3) is 0 Å². The first kappa shape index (κ1) is 20.9. The lowest BCUT2D eigenvalue weighted by Crippen LogP contribution is -2.48. The van der Waals surface area contributed by atoms with Crippen molar-refractivity contribution in [2.75, 3.05) is 32.8 Å². The molecular formula is C20H24Cl2N4O2. The van der Waals surface area contributed by atoms with E-state index in [1.165, 1.54) is 0 Å². The fraction of sp³-hybridized carbons (Fsp3) is 0.400. The molecule has 0 radical (unpaired) electrons. The monoisotopic (exact) mass is 422 g/mol. The zero-order valence-electron chi connectivity index (χ0n) is 15.5. The van der Waals surface area contributed by atoms with Gasteiger partial charge in [0.25, 0.3) is 0 Å². The molecule has 1 saturated heterocycles. The minimum Gasteiger partial charge on any atom is -0.374 e. The number of hydrogen-bond acceptors (Lipinski definition) is 4. The predicted octanol–water partition coefficient (Wildman–Crippen LogP) is 3.13. The lowest BCUT2D eigenvalue weighted by atomic mass is 10.2. The summed E-state index contributed by atoms with van der Waals surface area (Å²) in [4.78, 5) is 18.3. The zero-order chi connectivity index (χ0) is 19.8. The van der Waals surface area contributed by atoms with Gasteiger partial charge in [-0.3, -0.25) is 9.88 Å². The number of ether oxygens (including phenoxy) is 1. The molecule has 6 nitrogen and oxygen atoms in total. The van der Waals surface area contributed by atoms with Gasteiger partial charge in [-0.05, 0) is 41.8 Å². The SMILES string of the molecule is O=C(NCCc1ccncc1)NC[C@H]1CN(Cc2ccc(Cl)c(Cl)c2)CCO1. The third-order valence-corrected chi connectivity index (χ3v) is 5.29. The molecule has 1 aromatic carbocycles. The second-order valence-corrected chi connectivity index (χ2v) is 7.53. The van der Waals surface area contributed by atoms with Gasteiger partial charge in [0.1, 0.15) is 0 Å². The Bertz CT molecular complexity index is 776. The number of amides is 2. The first-order valence-electron chi connectivity index (χ1n) is 9.28. The average molecular weight is 423 g/mol. The Hall–Kier alpha value is -1.86. The van der Waals surface area contributed by atoms with Gasteiger partial charge in [0.15, 0.2) is 0 Å². The van der Waals surface area contributed by atoms with Crippen LogP contribution in [-0.4, -0.2) is 54.8 Å². The van der Waals surface area contributed by atoms with Crippen LogP contribution in [0.2, 0.25) is 10.0 Å². The number of carbonyl (C=O) groups is 1. The molecular weight excluding hydrogens is 399 g/mol. The Kier molecular flexibility index (Phi) is 7.91. The highest BCUT2D eigenvalue weighted by Crippen LogP contribution is 2.23. The van der Waals surface area contributed by atoms with Crippen LogP contribution in [0.3, 0.4) is 0 Å². The number of rotatable bonds is 7. The Morgan fingerprint density at radius 2 is 1.96 bits per heavy atom. The third kappa shape index (κ3) is 6.63. The Labute approximate surface area is 175 Å². The maximum absolute atomic E-state index is 12.0. The molecule has 28 heavy (non-hydrogen) atoms. The highest BCUT2D eigenvalue weighted by Gasteiger charge is 2.21. The van der Waals surface area contributed by atoms with Gasteiger partial charge < -0.3 is 15.4 Å². The Morgan fingerprint density at radius 3 is 2.75 bits per heavy atom. The third-order valence-electron chi connectivity index (χ3n) is 4.55. The molecule has 1 aliphatic rings. The fourth-order valence-corrected chi connectivity index (χ4v) is 3.40. The van der Waals surface area contributed by atoms with Crippen molar-refractivity contribution in [3.63, 3.8) is 0 Å². The van der Waals surface area contributed by atoms with Crippen molar-refractivity contribution in [2.24, 2.45) is 0 Å². The summed E-state index contributed by atoms with van der Waals surface area (Å²) in [5.41, 5.74) is 2.25. The molecule has 0 spiro atoms. The number of hydrogen-bond donors (Lipinski definition) is 2. The van der Waals surface area contributed by atoms with E-state index in [1.54, 1.807) is 12.4 Å². The van der Waals surface area contributed by atoms with Crippen molar-refractivity contribution < 1.29 is 9.53 Å². The van der Waals surface area contributed by atoms with Crippen molar-refractivity contribution in [2.45, 2.75) is 19.1 Å². The lowest BCUT2D eigenvalue weighted by Gasteiger charge is -2.33. The van der Waals surface area contributed by atoms with Crippen LogP contribution in [0.1, 0.15) is 11.1 Å². The van der Waals surface area contributed by atoms with Gasteiger partial charge in [0, 0.05) is 45.1 Å². The number of aromatic nitrogens is 1. The first-order chi connectivity index (χ1) is 13.6.